The third-order valence-corrected chi connectivity index (χ3v) is 4.50. The highest BCUT2D eigenvalue weighted by atomic mass is 16.3. The van der Waals surface area contributed by atoms with E-state index >= 15 is 0 Å². The van der Waals surface area contributed by atoms with E-state index in [-0.39, 0.29) is 0 Å². The summed E-state index contributed by atoms with van der Waals surface area (Å²) in [6, 6.07) is 20.0. The van der Waals surface area contributed by atoms with Gasteiger partial charge in [-0.15, -0.1) is 0 Å². The van der Waals surface area contributed by atoms with E-state index in [1.165, 1.54) is 0 Å². The zero-order chi connectivity index (χ0) is 15.3. The summed E-state index contributed by atoms with van der Waals surface area (Å²) in [5.41, 5.74) is 1.01. The van der Waals surface area contributed by atoms with Crippen molar-refractivity contribution in [2.24, 2.45) is 0 Å². The Labute approximate surface area is 132 Å². The molecular formula is C19H24N2O. The van der Waals surface area contributed by atoms with E-state index in [4.69, 9.17) is 0 Å². The summed E-state index contributed by atoms with van der Waals surface area (Å²) in [6.07, 6.45) is 0.709. The molecule has 0 unspecified atom stereocenters. The average Bonchev–Trinajstić information content (AvgIpc) is 2.62. The molecule has 0 aromatic heterocycles. The van der Waals surface area contributed by atoms with Gasteiger partial charge >= 0.3 is 0 Å². The Bertz CT molecular complexity index is 525. The van der Waals surface area contributed by atoms with Gasteiger partial charge in [0.2, 0.25) is 0 Å². The van der Waals surface area contributed by atoms with Gasteiger partial charge in [0.05, 0.1) is 0 Å². The monoisotopic (exact) mass is 296 g/mol. The molecule has 3 heteroatoms. The Balaban J connectivity index is 1.83. The van der Waals surface area contributed by atoms with Crippen molar-refractivity contribution in [2.75, 3.05) is 32.7 Å². The molecule has 22 heavy (non-hydrogen) atoms. The maximum atomic E-state index is 11.4. The number of hydrogen-bond acceptors (Lipinski definition) is 3. The fourth-order valence-electron chi connectivity index (χ4n) is 3.14. The molecule has 1 aliphatic heterocycles. The summed E-state index contributed by atoms with van der Waals surface area (Å²) >= 11 is 0. The largest absolute Gasteiger partial charge is 0.380 e. The molecule has 1 fully saturated rings. The molecule has 0 radical (unpaired) electrons. The first-order chi connectivity index (χ1) is 10.8. The van der Waals surface area contributed by atoms with Gasteiger partial charge in [-0.3, -0.25) is 0 Å². The number of aliphatic hydroxyl groups is 1. The predicted molar refractivity (Wildman–Crippen MR) is 89.8 cm³/mol. The van der Waals surface area contributed by atoms with Gasteiger partial charge < -0.3 is 15.3 Å². The van der Waals surface area contributed by atoms with Gasteiger partial charge in [-0.2, -0.15) is 0 Å². The Morgan fingerprint density at radius 1 is 0.864 bits per heavy atom. The molecule has 3 rings (SSSR count). The minimum absolute atomic E-state index is 0.709. The van der Waals surface area contributed by atoms with Gasteiger partial charge in [-0.05, 0) is 17.5 Å². The maximum Gasteiger partial charge on any atom is 0.116 e. The molecule has 0 bridgehead atoms. The Hall–Kier alpha value is -1.68. The lowest BCUT2D eigenvalue weighted by Gasteiger charge is -2.34. The first-order valence-electron chi connectivity index (χ1n) is 8.05. The molecule has 0 spiro atoms. The molecule has 2 aromatic rings. The Kier molecular flexibility index (Phi) is 4.88. The summed E-state index contributed by atoms with van der Waals surface area (Å²) in [5.74, 6) is 0. The molecule has 1 aliphatic rings. The zero-order valence-electron chi connectivity index (χ0n) is 12.9. The fraction of sp³-hybridized carbons (Fsp3) is 0.368. The lowest BCUT2D eigenvalue weighted by Crippen LogP contribution is -2.45. The van der Waals surface area contributed by atoms with Gasteiger partial charge in [0, 0.05) is 32.7 Å². The molecule has 0 atom stereocenters. The number of nitrogens with one attached hydrogen (secondary N) is 1. The van der Waals surface area contributed by atoms with E-state index in [0.29, 0.717) is 6.42 Å². The fourth-order valence-corrected chi connectivity index (χ4v) is 3.14. The first-order valence-corrected chi connectivity index (χ1v) is 8.05. The van der Waals surface area contributed by atoms with Crippen LogP contribution < -0.4 is 5.32 Å². The summed E-state index contributed by atoms with van der Waals surface area (Å²) in [4.78, 5) is 2.42. The van der Waals surface area contributed by atoms with E-state index in [2.05, 4.69) is 10.2 Å². The van der Waals surface area contributed by atoms with E-state index < -0.39 is 5.60 Å². The van der Waals surface area contributed by atoms with Crippen molar-refractivity contribution in [2.45, 2.75) is 12.0 Å². The van der Waals surface area contributed by atoms with Crippen LogP contribution in [0.1, 0.15) is 17.5 Å². The number of benzene rings is 2. The van der Waals surface area contributed by atoms with Crippen molar-refractivity contribution in [1.82, 2.24) is 10.2 Å². The highest BCUT2D eigenvalue weighted by molar-refractivity contribution is 5.35. The third kappa shape index (κ3) is 3.38. The van der Waals surface area contributed by atoms with E-state index in [1.807, 2.05) is 60.7 Å². The van der Waals surface area contributed by atoms with Crippen LogP contribution in [0.25, 0.3) is 0 Å². The van der Waals surface area contributed by atoms with Gasteiger partial charge in [0.15, 0.2) is 0 Å². The minimum atomic E-state index is -0.923. The Morgan fingerprint density at radius 2 is 1.36 bits per heavy atom. The van der Waals surface area contributed by atoms with Crippen LogP contribution >= 0.6 is 0 Å². The van der Waals surface area contributed by atoms with Crippen LogP contribution in [0, 0.1) is 0 Å². The maximum absolute atomic E-state index is 11.4. The number of piperazine rings is 1. The highest BCUT2D eigenvalue weighted by Gasteiger charge is 2.31. The number of rotatable bonds is 5. The molecule has 1 heterocycles. The van der Waals surface area contributed by atoms with Crippen molar-refractivity contribution < 1.29 is 5.11 Å². The third-order valence-electron chi connectivity index (χ3n) is 4.50. The zero-order valence-corrected chi connectivity index (χ0v) is 12.9. The minimum Gasteiger partial charge on any atom is -0.380 e. The van der Waals surface area contributed by atoms with Gasteiger partial charge in [0.1, 0.15) is 5.60 Å². The number of hydrogen-bond donors (Lipinski definition) is 2. The normalized spacial score (nSPS) is 16.6. The van der Waals surface area contributed by atoms with Crippen molar-refractivity contribution in [1.29, 1.82) is 0 Å². The number of nitrogens with zero attached hydrogens (tertiary/aromatic N) is 1. The molecule has 0 aliphatic carbocycles. The van der Waals surface area contributed by atoms with Crippen molar-refractivity contribution in [3.8, 4) is 0 Å². The second kappa shape index (κ2) is 7.05. The smallest absolute Gasteiger partial charge is 0.116 e. The van der Waals surface area contributed by atoms with Crippen LogP contribution in [0.5, 0.6) is 0 Å². The summed E-state index contributed by atoms with van der Waals surface area (Å²) in [7, 11) is 0. The predicted octanol–water partition coefficient (Wildman–Crippen LogP) is 2.22. The molecule has 116 valence electrons. The second-order valence-electron chi connectivity index (χ2n) is 5.93. The topological polar surface area (TPSA) is 35.5 Å². The van der Waals surface area contributed by atoms with Gasteiger partial charge in [0.25, 0.3) is 0 Å². The Morgan fingerprint density at radius 3 is 1.86 bits per heavy atom. The highest BCUT2D eigenvalue weighted by Crippen LogP contribution is 2.33. The molecule has 1 saturated heterocycles. The standard InChI is InChI=1S/C19H24N2O/c22-19(17-7-3-1-4-8-17,18-9-5-2-6-10-18)11-14-21-15-12-20-13-16-21/h1-10,20,22H,11-16H2. The molecular weight excluding hydrogens is 272 g/mol. The van der Waals surface area contributed by atoms with E-state index in [1.54, 1.807) is 0 Å². The van der Waals surface area contributed by atoms with Crippen LogP contribution in [-0.2, 0) is 5.60 Å². The lowest BCUT2D eigenvalue weighted by atomic mass is 9.83. The molecule has 2 aromatic carbocycles. The molecule has 3 nitrogen and oxygen atoms in total. The van der Waals surface area contributed by atoms with Gasteiger partial charge in [-0.25, -0.2) is 0 Å². The molecule has 2 N–H and O–H groups in total. The first kappa shape index (κ1) is 15.2. The lowest BCUT2D eigenvalue weighted by molar-refractivity contribution is 0.0556. The summed E-state index contributed by atoms with van der Waals surface area (Å²) in [6.45, 7) is 5.09. The molecule has 0 saturated carbocycles. The van der Waals surface area contributed by atoms with Crippen molar-refractivity contribution >= 4 is 0 Å². The van der Waals surface area contributed by atoms with Crippen LogP contribution in [-0.4, -0.2) is 42.7 Å². The van der Waals surface area contributed by atoms with Crippen LogP contribution in [0.4, 0.5) is 0 Å². The molecule has 0 amide bonds. The SMILES string of the molecule is OC(CCN1CCNCC1)(c1ccccc1)c1ccccc1. The van der Waals surface area contributed by atoms with Crippen LogP contribution in [0.3, 0.4) is 0 Å². The quantitative estimate of drug-likeness (QED) is 0.888. The van der Waals surface area contributed by atoms with Crippen LogP contribution in [0.2, 0.25) is 0 Å². The van der Waals surface area contributed by atoms with Crippen molar-refractivity contribution in [3.63, 3.8) is 0 Å². The summed E-state index contributed by atoms with van der Waals surface area (Å²) < 4.78 is 0. The van der Waals surface area contributed by atoms with Gasteiger partial charge in [-0.1, -0.05) is 60.7 Å². The van der Waals surface area contributed by atoms with Crippen LogP contribution in [0.15, 0.2) is 60.7 Å². The average molecular weight is 296 g/mol. The summed E-state index contributed by atoms with van der Waals surface area (Å²) in [5, 5.41) is 14.8. The van der Waals surface area contributed by atoms with Crippen molar-refractivity contribution in [3.05, 3.63) is 71.8 Å². The van der Waals surface area contributed by atoms with E-state index in [9.17, 15) is 5.11 Å². The van der Waals surface area contributed by atoms with E-state index in [0.717, 1.165) is 43.9 Å². The second-order valence-corrected chi connectivity index (χ2v) is 5.93.